The van der Waals surface area contributed by atoms with E-state index < -0.39 is 9.05 Å². The molecule has 1 heterocycles. The third-order valence-corrected chi connectivity index (χ3v) is 3.58. The Hall–Kier alpha value is -0.940. The molecular formula is C10H11ClO4S. The maximum Gasteiger partial charge on any atom is 0.236 e. The van der Waals surface area contributed by atoms with Crippen LogP contribution in [-0.2, 0) is 14.8 Å². The predicted octanol–water partition coefficient (Wildman–Crippen LogP) is 2.10. The van der Waals surface area contributed by atoms with Gasteiger partial charge in [-0.1, -0.05) is 0 Å². The van der Waals surface area contributed by atoms with Gasteiger partial charge in [-0.15, -0.1) is 0 Å². The minimum absolute atomic E-state index is 0.119. The van der Waals surface area contributed by atoms with Crippen LogP contribution >= 0.6 is 10.7 Å². The highest BCUT2D eigenvalue weighted by atomic mass is 35.7. The van der Waals surface area contributed by atoms with Crippen molar-refractivity contribution in [2.75, 3.05) is 6.79 Å². The molecule has 0 bridgehead atoms. The number of rotatable bonds is 2. The van der Waals surface area contributed by atoms with E-state index in [1.54, 1.807) is 0 Å². The zero-order chi connectivity index (χ0) is 11.9. The molecule has 0 amide bonds. The third kappa shape index (κ3) is 2.10. The lowest BCUT2D eigenvalue weighted by Crippen LogP contribution is -2.01. The molecule has 0 radical (unpaired) electrons. The normalized spacial score (nSPS) is 14.2. The lowest BCUT2D eigenvalue weighted by Gasteiger charge is -2.10. The molecule has 0 saturated heterocycles. The Morgan fingerprint density at radius 3 is 2.69 bits per heavy atom. The second kappa shape index (κ2) is 3.82. The van der Waals surface area contributed by atoms with Crippen molar-refractivity contribution >= 4 is 19.7 Å². The third-order valence-electron chi connectivity index (χ3n) is 2.62. The molecule has 16 heavy (non-hydrogen) atoms. The van der Waals surface area contributed by atoms with Gasteiger partial charge in [0.25, 0.3) is 0 Å². The van der Waals surface area contributed by atoms with Gasteiger partial charge in [-0.25, -0.2) is 8.42 Å². The van der Waals surface area contributed by atoms with E-state index in [9.17, 15) is 8.42 Å². The zero-order valence-electron chi connectivity index (χ0n) is 8.91. The molecule has 1 aliphatic rings. The first-order valence-corrected chi connectivity index (χ1v) is 7.17. The SMILES string of the molecule is Cc1cc2c(c(CS(=O)(=O)Cl)c1C)OCO2. The fourth-order valence-corrected chi connectivity index (χ4v) is 2.71. The molecule has 88 valence electrons. The summed E-state index contributed by atoms with van der Waals surface area (Å²) in [6.45, 7) is 3.85. The van der Waals surface area contributed by atoms with Crippen molar-refractivity contribution in [1.82, 2.24) is 0 Å². The fourth-order valence-electron chi connectivity index (χ4n) is 1.69. The molecule has 4 nitrogen and oxygen atoms in total. The van der Waals surface area contributed by atoms with E-state index in [0.717, 1.165) is 11.1 Å². The van der Waals surface area contributed by atoms with E-state index in [1.807, 2.05) is 19.9 Å². The maximum absolute atomic E-state index is 11.1. The van der Waals surface area contributed by atoms with Gasteiger partial charge in [-0.05, 0) is 31.0 Å². The molecule has 1 aliphatic heterocycles. The van der Waals surface area contributed by atoms with Crippen LogP contribution in [0.2, 0.25) is 0 Å². The van der Waals surface area contributed by atoms with Crippen molar-refractivity contribution in [3.05, 3.63) is 22.8 Å². The minimum atomic E-state index is -3.60. The smallest absolute Gasteiger partial charge is 0.236 e. The summed E-state index contributed by atoms with van der Waals surface area (Å²) in [6.07, 6.45) is 0. The first-order valence-electron chi connectivity index (χ1n) is 4.69. The summed E-state index contributed by atoms with van der Waals surface area (Å²) in [5.41, 5.74) is 2.41. The summed E-state index contributed by atoms with van der Waals surface area (Å²) in [5, 5.41) is 0. The van der Waals surface area contributed by atoms with Gasteiger partial charge in [-0.3, -0.25) is 0 Å². The standard InChI is InChI=1S/C10H11ClO4S/c1-6-3-9-10(15-5-14-9)8(7(6)2)4-16(11,12)13/h3H,4-5H2,1-2H3. The molecule has 0 N–H and O–H groups in total. The molecule has 6 heteroatoms. The van der Waals surface area contributed by atoms with Gasteiger partial charge < -0.3 is 9.47 Å². The van der Waals surface area contributed by atoms with Gasteiger partial charge in [0.1, 0.15) is 0 Å². The summed E-state index contributed by atoms with van der Waals surface area (Å²) in [4.78, 5) is 0. The van der Waals surface area contributed by atoms with E-state index in [0.29, 0.717) is 17.1 Å². The van der Waals surface area contributed by atoms with Crippen LogP contribution in [-0.4, -0.2) is 15.2 Å². The number of hydrogen-bond donors (Lipinski definition) is 0. The Labute approximate surface area is 98.5 Å². The van der Waals surface area contributed by atoms with Crippen LogP contribution in [0.15, 0.2) is 6.07 Å². The van der Waals surface area contributed by atoms with E-state index in [1.165, 1.54) is 0 Å². The molecule has 0 atom stereocenters. The molecule has 0 unspecified atom stereocenters. The fraction of sp³-hybridized carbons (Fsp3) is 0.400. The summed E-state index contributed by atoms with van der Waals surface area (Å²) in [6, 6.07) is 1.84. The molecule has 0 saturated carbocycles. The molecule has 0 aromatic heterocycles. The number of halogens is 1. The number of hydrogen-bond acceptors (Lipinski definition) is 4. The maximum atomic E-state index is 11.1. The highest BCUT2D eigenvalue weighted by Gasteiger charge is 2.24. The predicted molar refractivity (Wildman–Crippen MR) is 60.5 cm³/mol. The Kier molecular flexibility index (Phi) is 2.75. The number of fused-ring (bicyclic) bond motifs is 1. The summed E-state index contributed by atoms with van der Waals surface area (Å²) in [5.74, 6) is 0.832. The number of aryl methyl sites for hydroxylation is 1. The molecule has 0 aliphatic carbocycles. The molecule has 1 aromatic rings. The van der Waals surface area contributed by atoms with Crippen molar-refractivity contribution in [1.29, 1.82) is 0 Å². The van der Waals surface area contributed by atoms with Gasteiger partial charge in [0, 0.05) is 16.2 Å². The van der Waals surface area contributed by atoms with Crippen LogP contribution < -0.4 is 9.47 Å². The van der Waals surface area contributed by atoms with Crippen LogP contribution in [0.1, 0.15) is 16.7 Å². The second-order valence-electron chi connectivity index (χ2n) is 3.71. The quantitative estimate of drug-likeness (QED) is 0.766. The Balaban J connectivity index is 2.59. The minimum Gasteiger partial charge on any atom is -0.454 e. The average molecular weight is 263 g/mol. The van der Waals surface area contributed by atoms with Crippen LogP contribution in [0, 0.1) is 13.8 Å². The van der Waals surface area contributed by atoms with Crippen molar-refractivity contribution in [2.24, 2.45) is 0 Å². The summed E-state index contributed by atoms with van der Waals surface area (Å²) in [7, 11) is 1.67. The van der Waals surface area contributed by atoms with Gasteiger partial charge in [0.15, 0.2) is 11.5 Å². The Morgan fingerprint density at radius 2 is 2.06 bits per heavy atom. The van der Waals surface area contributed by atoms with Crippen molar-refractivity contribution in [3.63, 3.8) is 0 Å². The van der Waals surface area contributed by atoms with Crippen LogP contribution in [0.3, 0.4) is 0 Å². The topological polar surface area (TPSA) is 52.6 Å². The van der Waals surface area contributed by atoms with Gasteiger partial charge in [-0.2, -0.15) is 0 Å². The lowest BCUT2D eigenvalue weighted by molar-refractivity contribution is 0.173. The van der Waals surface area contributed by atoms with Crippen LogP contribution in [0.25, 0.3) is 0 Å². The van der Waals surface area contributed by atoms with Gasteiger partial charge in [0.05, 0.1) is 5.75 Å². The molecule has 2 rings (SSSR count). The monoisotopic (exact) mass is 262 g/mol. The zero-order valence-corrected chi connectivity index (χ0v) is 10.5. The van der Waals surface area contributed by atoms with Crippen LogP contribution in [0.4, 0.5) is 0 Å². The van der Waals surface area contributed by atoms with E-state index >= 15 is 0 Å². The Bertz CT molecular complexity index is 536. The van der Waals surface area contributed by atoms with E-state index in [-0.39, 0.29) is 12.5 Å². The highest BCUT2D eigenvalue weighted by Crippen LogP contribution is 2.40. The number of ether oxygens (including phenoxy) is 2. The molecular weight excluding hydrogens is 252 g/mol. The molecule has 1 aromatic carbocycles. The molecule has 0 fully saturated rings. The first kappa shape index (κ1) is 11.5. The average Bonchev–Trinajstić information content (AvgIpc) is 2.58. The van der Waals surface area contributed by atoms with E-state index in [2.05, 4.69) is 0 Å². The highest BCUT2D eigenvalue weighted by molar-refractivity contribution is 8.13. The van der Waals surface area contributed by atoms with Crippen molar-refractivity contribution < 1.29 is 17.9 Å². The van der Waals surface area contributed by atoms with Gasteiger partial charge in [0.2, 0.25) is 15.8 Å². The second-order valence-corrected chi connectivity index (χ2v) is 6.49. The van der Waals surface area contributed by atoms with E-state index in [4.69, 9.17) is 20.2 Å². The first-order chi connectivity index (χ1) is 7.38. The summed E-state index contributed by atoms with van der Waals surface area (Å²) >= 11 is 0. The van der Waals surface area contributed by atoms with Crippen LogP contribution in [0.5, 0.6) is 11.5 Å². The lowest BCUT2D eigenvalue weighted by atomic mass is 10.0. The molecule has 0 spiro atoms. The number of benzene rings is 1. The van der Waals surface area contributed by atoms with Crippen molar-refractivity contribution in [3.8, 4) is 11.5 Å². The van der Waals surface area contributed by atoms with Crippen molar-refractivity contribution in [2.45, 2.75) is 19.6 Å². The largest absolute Gasteiger partial charge is 0.454 e. The van der Waals surface area contributed by atoms with Gasteiger partial charge >= 0.3 is 0 Å². The summed E-state index contributed by atoms with van der Waals surface area (Å²) < 4.78 is 32.8. The Morgan fingerprint density at radius 1 is 1.38 bits per heavy atom.